The molecule has 1 N–H and O–H groups in total. The minimum atomic E-state index is -4.39. The second-order valence-corrected chi connectivity index (χ2v) is 1.71. The molecular formula is C5H7F3NO2. The molecule has 0 aromatic heterocycles. The second-order valence-electron chi connectivity index (χ2n) is 1.71. The van der Waals surface area contributed by atoms with Gasteiger partial charge in [-0.05, 0) is 0 Å². The van der Waals surface area contributed by atoms with Crippen molar-refractivity contribution in [2.24, 2.45) is 0 Å². The third kappa shape index (κ3) is 7.11. The fraction of sp³-hybridized carbons (Fsp3) is 0.600. The summed E-state index contributed by atoms with van der Waals surface area (Å²) in [6.07, 6.45) is -4.39. The average molecular weight is 170 g/mol. The Morgan fingerprint density at radius 2 is 2.09 bits per heavy atom. The molecule has 0 fully saturated rings. The molecule has 0 saturated heterocycles. The molecule has 0 bridgehead atoms. The van der Waals surface area contributed by atoms with Gasteiger partial charge in [0.2, 0.25) is 5.91 Å². The maximum absolute atomic E-state index is 11.3. The van der Waals surface area contributed by atoms with Gasteiger partial charge in [0.25, 0.3) is 0 Å². The summed E-state index contributed by atoms with van der Waals surface area (Å²) in [5, 5.41) is 1.87. The number of hydrogen-bond acceptors (Lipinski definition) is 2. The van der Waals surface area contributed by atoms with E-state index < -0.39 is 25.3 Å². The average Bonchev–Trinajstić information content (AvgIpc) is 1.85. The van der Waals surface area contributed by atoms with Gasteiger partial charge >= 0.3 is 6.18 Å². The van der Waals surface area contributed by atoms with Gasteiger partial charge in [-0.3, -0.25) is 4.79 Å². The predicted molar refractivity (Wildman–Crippen MR) is 30.4 cm³/mol. The van der Waals surface area contributed by atoms with Crippen LogP contribution < -0.4 is 5.32 Å². The van der Waals surface area contributed by atoms with E-state index in [1.165, 1.54) is 0 Å². The van der Waals surface area contributed by atoms with Crippen molar-refractivity contribution < 1.29 is 22.7 Å². The number of rotatable bonds is 3. The SMILES string of the molecule is [CH2]NC(=O)COCC(F)(F)F. The van der Waals surface area contributed by atoms with Crippen LogP contribution in [-0.4, -0.2) is 25.3 Å². The monoisotopic (exact) mass is 170 g/mol. The molecule has 6 heteroatoms. The molecule has 0 aliphatic heterocycles. The summed E-state index contributed by atoms with van der Waals surface area (Å²) in [6, 6.07) is 0. The van der Waals surface area contributed by atoms with Crippen LogP contribution in [0.2, 0.25) is 0 Å². The van der Waals surface area contributed by atoms with Crippen molar-refractivity contribution in [2.75, 3.05) is 13.2 Å². The molecule has 0 rings (SSSR count). The van der Waals surface area contributed by atoms with Crippen LogP contribution in [0.15, 0.2) is 0 Å². The molecular weight excluding hydrogens is 163 g/mol. The Labute approximate surface area is 61.5 Å². The molecule has 0 unspecified atom stereocenters. The van der Waals surface area contributed by atoms with Crippen LogP contribution in [0.4, 0.5) is 13.2 Å². The topological polar surface area (TPSA) is 38.3 Å². The molecule has 65 valence electrons. The van der Waals surface area contributed by atoms with Crippen molar-refractivity contribution in [1.82, 2.24) is 5.32 Å². The first-order valence-electron chi connectivity index (χ1n) is 2.66. The van der Waals surface area contributed by atoms with Crippen molar-refractivity contribution in [3.05, 3.63) is 7.05 Å². The lowest BCUT2D eigenvalue weighted by molar-refractivity contribution is -0.175. The quantitative estimate of drug-likeness (QED) is 0.668. The maximum Gasteiger partial charge on any atom is 0.411 e. The summed E-state index contributed by atoms with van der Waals surface area (Å²) in [5.74, 6) is -0.686. The fourth-order valence-electron chi connectivity index (χ4n) is 0.310. The molecule has 0 heterocycles. The lowest BCUT2D eigenvalue weighted by atomic mass is 10.6. The highest BCUT2D eigenvalue weighted by Crippen LogP contribution is 2.13. The standard InChI is InChI=1S/C5H7F3NO2/c1-9-4(10)2-11-3-5(6,7)8/h1-3H2,(H,9,10). The number of alkyl halides is 3. The largest absolute Gasteiger partial charge is 0.411 e. The summed E-state index contributed by atoms with van der Waals surface area (Å²) >= 11 is 0. The van der Waals surface area contributed by atoms with Gasteiger partial charge in [-0.25, -0.2) is 0 Å². The highest BCUT2D eigenvalue weighted by molar-refractivity contribution is 5.77. The van der Waals surface area contributed by atoms with Gasteiger partial charge in [-0.1, -0.05) is 0 Å². The minimum absolute atomic E-state index is 0.622. The Morgan fingerprint density at radius 1 is 1.55 bits per heavy atom. The molecule has 1 amide bonds. The third-order valence-corrected chi connectivity index (χ3v) is 0.696. The van der Waals surface area contributed by atoms with Gasteiger partial charge in [0.1, 0.15) is 13.2 Å². The summed E-state index contributed by atoms with van der Waals surface area (Å²) in [5.41, 5.74) is 0. The summed E-state index contributed by atoms with van der Waals surface area (Å²) in [4.78, 5) is 10.2. The fourth-order valence-corrected chi connectivity index (χ4v) is 0.310. The lowest BCUT2D eigenvalue weighted by Crippen LogP contribution is -2.25. The first-order chi connectivity index (χ1) is 4.95. The van der Waals surface area contributed by atoms with E-state index in [2.05, 4.69) is 11.8 Å². The molecule has 3 nitrogen and oxygen atoms in total. The van der Waals surface area contributed by atoms with Gasteiger partial charge in [-0.2, -0.15) is 13.2 Å². The molecule has 0 spiro atoms. The number of hydrogen-bond donors (Lipinski definition) is 1. The van der Waals surface area contributed by atoms with E-state index in [9.17, 15) is 18.0 Å². The van der Waals surface area contributed by atoms with Gasteiger partial charge < -0.3 is 10.1 Å². The predicted octanol–water partition coefficient (Wildman–Crippen LogP) is 0.473. The van der Waals surface area contributed by atoms with E-state index in [0.717, 1.165) is 0 Å². The van der Waals surface area contributed by atoms with Gasteiger partial charge in [0.15, 0.2) is 0 Å². The number of amides is 1. The van der Waals surface area contributed by atoms with Crippen LogP contribution in [0.3, 0.4) is 0 Å². The van der Waals surface area contributed by atoms with Crippen LogP contribution in [0.25, 0.3) is 0 Å². The Kier molecular flexibility index (Phi) is 3.88. The third-order valence-electron chi connectivity index (χ3n) is 0.696. The van der Waals surface area contributed by atoms with E-state index in [4.69, 9.17) is 0 Å². The Morgan fingerprint density at radius 3 is 2.45 bits per heavy atom. The van der Waals surface area contributed by atoms with Crippen molar-refractivity contribution >= 4 is 5.91 Å². The zero-order valence-corrected chi connectivity index (χ0v) is 5.57. The van der Waals surface area contributed by atoms with E-state index in [1.807, 2.05) is 5.32 Å². The zero-order valence-electron chi connectivity index (χ0n) is 5.57. The number of halogens is 3. The van der Waals surface area contributed by atoms with E-state index in [-0.39, 0.29) is 0 Å². The maximum atomic E-state index is 11.3. The van der Waals surface area contributed by atoms with Crippen LogP contribution in [0, 0.1) is 7.05 Å². The minimum Gasteiger partial charge on any atom is -0.362 e. The first-order valence-corrected chi connectivity index (χ1v) is 2.66. The molecule has 1 radical (unpaired) electrons. The Hall–Kier alpha value is -0.780. The molecule has 0 saturated carbocycles. The van der Waals surface area contributed by atoms with Crippen LogP contribution >= 0.6 is 0 Å². The molecule has 0 aromatic carbocycles. The normalized spacial score (nSPS) is 11.3. The zero-order chi connectivity index (χ0) is 8.91. The lowest BCUT2D eigenvalue weighted by Gasteiger charge is -2.05. The number of carbonyl (C=O) groups is 1. The summed E-state index contributed by atoms with van der Waals surface area (Å²) < 4.78 is 38.0. The van der Waals surface area contributed by atoms with Crippen LogP contribution in [-0.2, 0) is 9.53 Å². The number of carbonyl (C=O) groups excluding carboxylic acids is 1. The first kappa shape index (κ1) is 10.2. The highest BCUT2D eigenvalue weighted by Gasteiger charge is 2.27. The molecule has 0 aliphatic rings. The number of nitrogens with one attached hydrogen (secondary N) is 1. The van der Waals surface area contributed by atoms with Gasteiger partial charge in [0, 0.05) is 7.05 Å². The number of ether oxygens (including phenoxy) is 1. The van der Waals surface area contributed by atoms with E-state index in [1.54, 1.807) is 0 Å². The summed E-state index contributed by atoms with van der Waals surface area (Å²) in [7, 11) is 2.94. The van der Waals surface area contributed by atoms with Crippen molar-refractivity contribution in [3.63, 3.8) is 0 Å². The summed E-state index contributed by atoms with van der Waals surface area (Å²) in [6.45, 7) is -2.04. The van der Waals surface area contributed by atoms with Crippen molar-refractivity contribution in [1.29, 1.82) is 0 Å². The highest BCUT2D eigenvalue weighted by atomic mass is 19.4. The van der Waals surface area contributed by atoms with Gasteiger partial charge in [-0.15, -0.1) is 0 Å². The second kappa shape index (κ2) is 4.17. The molecule has 0 atom stereocenters. The molecule has 0 aliphatic carbocycles. The van der Waals surface area contributed by atoms with Crippen LogP contribution in [0.1, 0.15) is 0 Å². The Bertz CT molecular complexity index is 134. The van der Waals surface area contributed by atoms with E-state index >= 15 is 0 Å². The van der Waals surface area contributed by atoms with Gasteiger partial charge in [0.05, 0.1) is 0 Å². The smallest absolute Gasteiger partial charge is 0.362 e. The van der Waals surface area contributed by atoms with Crippen molar-refractivity contribution in [2.45, 2.75) is 6.18 Å². The molecule has 0 aromatic rings. The Balaban J connectivity index is 3.35. The van der Waals surface area contributed by atoms with Crippen LogP contribution in [0.5, 0.6) is 0 Å². The molecule has 11 heavy (non-hydrogen) atoms. The van der Waals surface area contributed by atoms with Crippen molar-refractivity contribution in [3.8, 4) is 0 Å². The van der Waals surface area contributed by atoms with E-state index in [0.29, 0.717) is 0 Å².